The van der Waals surface area contributed by atoms with Gasteiger partial charge in [-0.2, -0.15) is 0 Å². The Bertz CT molecular complexity index is 1740. The molecule has 0 spiro atoms. The van der Waals surface area contributed by atoms with E-state index in [4.69, 9.17) is 23.7 Å². The maximum atomic E-state index is 15.4. The molecule has 0 radical (unpaired) electrons. The topological polar surface area (TPSA) is 184 Å². The highest BCUT2D eigenvalue weighted by Crippen LogP contribution is 2.64. The van der Waals surface area contributed by atoms with Crippen molar-refractivity contribution in [3.63, 3.8) is 0 Å². The van der Waals surface area contributed by atoms with Gasteiger partial charge in [-0.3, -0.25) is 19.2 Å². The number of carbonyl (C=O) groups is 5. The van der Waals surface area contributed by atoms with E-state index in [1.807, 2.05) is 27.7 Å². The lowest BCUT2D eigenvalue weighted by Gasteiger charge is -2.67. The standard InChI is InChI=1S/C42H59NO12/c1-12-19-39(9,43-11)38(8,13-2)36(49)53-27-21-42(50)34(54-35(48)26-17-15-14-16-18-26)32-40(10,28(46)20-29-41(32,22-51-29)55-25(5)45)33(47)31(52-24(4)44)30(23(27)3)37(42,6)7/h14-18,27-29,31-32,34,43,46,50H,12-13,19-22H2,1-11H3/t27-,28-,29+,31+,32?,34-,38?,39?,40+,41-,42+/m0/s1. The fourth-order valence-corrected chi connectivity index (χ4v) is 10.2. The van der Waals surface area contributed by atoms with Crippen LogP contribution in [0.1, 0.15) is 112 Å². The second-order valence-corrected chi connectivity index (χ2v) is 17.2. The van der Waals surface area contributed by atoms with Gasteiger partial charge in [-0.15, -0.1) is 0 Å². The van der Waals surface area contributed by atoms with Crippen molar-refractivity contribution in [3.8, 4) is 0 Å². The molecule has 5 rings (SSSR count). The van der Waals surface area contributed by atoms with E-state index in [-0.39, 0.29) is 30.6 Å². The van der Waals surface area contributed by atoms with E-state index in [1.54, 1.807) is 46.0 Å². The fraction of sp³-hybridized carbons (Fsp3) is 0.690. The van der Waals surface area contributed by atoms with Crippen molar-refractivity contribution < 1.29 is 57.9 Å². The Kier molecular flexibility index (Phi) is 11.4. The van der Waals surface area contributed by atoms with Crippen molar-refractivity contribution in [2.45, 2.75) is 149 Å². The Labute approximate surface area is 323 Å². The molecule has 13 nitrogen and oxygen atoms in total. The number of hydrogen-bond acceptors (Lipinski definition) is 13. The Morgan fingerprint density at radius 3 is 2.15 bits per heavy atom. The minimum Gasteiger partial charge on any atom is -0.457 e. The van der Waals surface area contributed by atoms with Crippen LogP contribution < -0.4 is 5.32 Å². The number of hydrogen-bond donors (Lipinski definition) is 3. The van der Waals surface area contributed by atoms with Crippen molar-refractivity contribution in [1.29, 1.82) is 0 Å². The normalized spacial score (nSPS) is 35.9. The molecule has 1 aliphatic heterocycles. The van der Waals surface area contributed by atoms with Crippen LogP contribution in [0.15, 0.2) is 41.5 Å². The number of esters is 4. The third-order valence-electron chi connectivity index (χ3n) is 14.1. The van der Waals surface area contributed by atoms with Gasteiger partial charge in [-0.1, -0.05) is 52.3 Å². The average molecular weight is 770 g/mol. The van der Waals surface area contributed by atoms with Crippen LogP contribution in [-0.2, 0) is 42.9 Å². The highest BCUT2D eigenvalue weighted by Gasteiger charge is 2.78. The fourth-order valence-electron chi connectivity index (χ4n) is 10.2. The summed E-state index contributed by atoms with van der Waals surface area (Å²) in [6.07, 6.45) is -5.64. The summed E-state index contributed by atoms with van der Waals surface area (Å²) in [4.78, 5) is 70.1. The molecule has 1 aromatic carbocycles. The van der Waals surface area contributed by atoms with Gasteiger partial charge in [-0.25, -0.2) is 4.79 Å². The predicted octanol–water partition coefficient (Wildman–Crippen LogP) is 4.40. The van der Waals surface area contributed by atoms with E-state index in [9.17, 15) is 29.4 Å². The molecule has 11 atom stereocenters. The zero-order valence-corrected chi connectivity index (χ0v) is 34.1. The number of ketones is 1. The highest BCUT2D eigenvalue weighted by molar-refractivity contribution is 5.95. The van der Waals surface area contributed by atoms with E-state index in [0.717, 1.165) is 13.3 Å². The minimum absolute atomic E-state index is 0.141. The quantitative estimate of drug-likeness (QED) is 0.164. The molecular weight excluding hydrogens is 710 g/mol. The van der Waals surface area contributed by atoms with Gasteiger partial charge in [0.15, 0.2) is 17.5 Å². The summed E-state index contributed by atoms with van der Waals surface area (Å²) in [5.74, 6) is -5.12. The van der Waals surface area contributed by atoms with Gasteiger partial charge >= 0.3 is 23.9 Å². The number of benzene rings is 1. The van der Waals surface area contributed by atoms with Crippen molar-refractivity contribution in [1.82, 2.24) is 5.32 Å². The monoisotopic (exact) mass is 769 g/mol. The molecule has 2 saturated carbocycles. The molecule has 1 saturated heterocycles. The molecule has 0 amide bonds. The third kappa shape index (κ3) is 6.33. The van der Waals surface area contributed by atoms with Crippen molar-refractivity contribution in [2.24, 2.45) is 22.2 Å². The lowest BCUT2D eigenvalue weighted by Crippen LogP contribution is -2.82. The zero-order valence-electron chi connectivity index (χ0n) is 34.1. The van der Waals surface area contributed by atoms with E-state index in [0.29, 0.717) is 18.4 Å². The third-order valence-corrected chi connectivity index (χ3v) is 14.1. The Hall–Kier alpha value is -3.65. The molecule has 2 bridgehead atoms. The molecule has 55 heavy (non-hydrogen) atoms. The summed E-state index contributed by atoms with van der Waals surface area (Å²) < 4.78 is 30.8. The molecule has 3 unspecified atom stereocenters. The maximum Gasteiger partial charge on any atom is 0.338 e. The summed E-state index contributed by atoms with van der Waals surface area (Å²) in [7, 11) is 1.79. The average Bonchev–Trinajstić information content (AvgIpc) is 3.12. The van der Waals surface area contributed by atoms with Gasteiger partial charge < -0.3 is 39.2 Å². The number of carbonyl (C=O) groups excluding carboxylic acids is 5. The second kappa shape index (κ2) is 14.7. The Balaban J connectivity index is 1.82. The minimum atomic E-state index is -2.22. The number of Topliss-reactive ketones (excluding diaryl/α,β-unsaturated/α-hetero) is 1. The number of fused-ring (bicyclic) bond motifs is 5. The SMILES string of the molecule is CCCC(C)(NC)C(C)(CC)C(=O)O[C@H]1C[C@@]2(O)[C@@H](OC(=O)c3ccccc3)C3[C@](C)(C(=O)[C@H](OC(C)=O)C(=C1C)C2(C)C)[C@@H](O)C[C@H]1OC[C@@]31OC(C)=O. The Morgan fingerprint density at radius 2 is 1.64 bits per heavy atom. The lowest BCUT2D eigenvalue weighted by atomic mass is 9.44. The van der Waals surface area contributed by atoms with Gasteiger partial charge in [0.1, 0.15) is 23.9 Å². The van der Waals surface area contributed by atoms with E-state index in [2.05, 4.69) is 5.32 Å². The first-order chi connectivity index (χ1) is 25.6. The molecule has 304 valence electrons. The molecule has 3 N–H and O–H groups in total. The molecule has 4 aliphatic rings. The largest absolute Gasteiger partial charge is 0.457 e. The first-order valence-corrected chi connectivity index (χ1v) is 19.4. The summed E-state index contributed by atoms with van der Waals surface area (Å²) >= 11 is 0. The maximum absolute atomic E-state index is 15.4. The van der Waals surface area contributed by atoms with Crippen molar-refractivity contribution in [3.05, 3.63) is 47.0 Å². The van der Waals surface area contributed by atoms with E-state index < -0.39 is 99.1 Å². The van der Waals surface area contributed by atoms with Crippen LogP contribution in [0.3, 0.4) is 0 Å². The number of nitrogens with one attached hydrogen (secondary N) is 1. The lowest BCUT2D eigenvalue weighted by molar-refractivity contribution is -0.346. The summed E-state index contributed by atoms with van der Waals surface area (Å²) in [5, 5.41) is 29.0. The number of ether oxygens (including phenoxy) is 5. The first kappa shape index (κ1) is 42.5. The van der Waals surface area contributed by atoms with Crippen molar-refractivity contribution >= 4 is 29.7 Å². The van der Waals surface area contributed by atoms with Crippen LogP contribution in [0.5, 0.6) is 0 Å². The van der Waals surface area contributed by atoms with Crippen LogP contribution in [0.4, 0.5) is 0 Å². The number of aliphatic hydroxyl groups excluding tert-OH is 1. The smallest absolute Gasteiger partial charge is 0.338 e. The summed E-state index contributed by atoms with van der Waals surface area (Å²) in [5.41, 5.74) is -8.45. The first-order valence-electron chi connectivity index (χ1n) is 19.4. The van der Waals surface area contributed by atoms with Crippen molar-refractivity contribution in [2.75, 3.05) is 13.7 Å². The predicted molar refractivity (Wildman–Crippen MR) is 199 cm³/mol. The summed E-state index contributed by atoms with van der Waals surface area (Å²) in [6, 6.07) is 8.09. The number of rotatable bonds is 11. The molecule has 13 heteroatoms. The zero-order chi connectivity index (χ0) is 41.1. The Morgan fingerprint density at radius 1 is 1.00 bits per heavy atom. The molecule has 0 aromatic heterocycles. The van der Waals surface area contributed by atoms with E-state index in [1.165, 1.54) is 26.0 Å². The summed E-state index contributed by atoms with van der Waals surface area (Å²) in [6.45, 7) is 16.3. The van der Waals surface area contributed by atoms with Gasteiger partial charge in [0.05, 0.1) is 35.0 Å². The molecule has 3 fully saturated rings. The van der Waals surface area contributed by atoms with Crippen LogP contribution in [-0.4, -0.2) is 101 Å². The van der Waals surface area contributed by atoms with Gasteiger partial charge in [0.2, 0.25) is 0 Å². The number of aliphatic hydroxyl groups is 2. The van der Waals surface area contributed by atoms with Gasteiger partial charge in [0, 0.05) is 37.6 Å². The van der Waals surface area contributed by atoms with Crippen LogP contribution >= 0.6 is 0 Å². The van der Waals surface area contributed by atoms with Crippen LogP contribution in [0, 0.1) is 22.2 Å². The molecule has 3 aliphatic carbocycles. The van der Waals surface area contributed by atoms with Gasteiger partial charge in [0.25, 0.3) is 0 Å². The second-order valence-electron chi connectivity index (χ2n) is 17.2. The van der Waals surface area contributed by atoms with Crippen LogP contribution in [0.25, 0.3) is 0 Å². The van der Waals surface area contributed by atoms with E-state index >= 15 is 4.79 Å². The molecule has 1 heterocycles. The van der Waals surface area contributed by atoms with Crippen LogP contribution in [0.2, 0.25) is 0 Å². The molecule has 1 aromatic rings. The highest BCUT2D eigenvalue weighted by atomic mass is 16.6. The molecular formula is C42H59NO12. The van der Waals surface area contributed by atoms with Gasteiger partial charge in [-0.05, 0) is 70.9 Å².